The van der Waals surface area contributed by atoms with Crippen LogP contribution in [-0.4, -0.2) is 28.5 Å². The minimum absolute atomic E-state index is 0.123. The number of nitriles is 1. The van der Waals surface area contributed by atoms with Gasteiger partial charge in [-0.15, -0.1) is 10.2 Å². The molecule has 3 atom stereocenters. The number of hydrogen-bond donors (Lipinski definition) is 1. The van der Waals surface area contributed by atoms with Gasteiger partial charge < -0.3 is 4.98 Å². The van der Waals surface area contributed by atoms with Crippen molar-refractivity contribution in [2.45, 2.75) is 22.7 Å². The molecule has 20 heavy (non-hydrogen) atoms. The van der Waals surface area contributed by atoms with E-state index in [2.05, 4.69) is 53.2 Å². The van der Waals surface area contributed by atoms with E-state index in [0.29, 0.717) is 3.92 Å². The fourth-order valence-corrected chi connectivity index (χ4v) is 4.23. The van der Waals surface area contributed by atoms with Gasteiger partial charge in [0, 0.05) is 22.0 Å². The van der Waals surface area contributed by atoms with Gasteiger partial charge in [0.15, 0.2) is 11.3 Å². The predicted octanol–water partition coefficient (Wildman–Crippen LogP) is 2.43. The van der Waals surface area contributed by atoms with Crippen LogP contribution in [0.4, 0.5) is 0 Å². The minimum atomic E-state index is 0.123. The number of H-pyrrole nitrogens is 1. The Morgan fingerprint density at radius 2 is 2.30 bits per heavy atom. The lowest BCUT2D eigenvalue weighted by atomic mass is 10.1. The molecule has 1 aliphatic rings. The maximum atomic E-state index is 9.14. The summed E-state index contributed by atoms with van der Waals surface area (Å²) in [7, 11) is 0. The predicted molar refractivity (Wildman–Crippen MR) is 81.5 cm³/mol. The summed E-state index contributed by atoms with van der Waals surface area (Å²) in [4.78, 5) is 7.44. The molecule has 1 aliphatic carbocycles. The molecule has 0 radical (unpaired) electrons. The molecule has 0 aliphatic heterocycles. The summed E-state index contributed by atoms with van der Waals surface area (Å²) >= 11 is 2.43. The van der Waals surface area contributed by atoms with E-state index in [-0.39, 0.29) is 11.8 Å². The van der Waals surface area contributed by atoms with Crippen LogP contribution in [0.2, 0.25) is 0 Å². The lowest BCUT2D eigenvalue weighted by Gasteiger charge is -2.11. The molecule has 6 nitrogen and oxygen atoms in total. The van der Waals surface area contributed by atoms with E-state index in [1.54, 1.807) is 6.20 Å². The Balaban J connectivity index is 1.92. The SMILES string of the molecule is N#C[C@@H]1C[C@@H](I)[C@@H](c2nnc3cnc4[nH]ccc4n23)C1. The zero-order valence-corrected chi connectivity index (χ0v) is 12.6. The molecule has 100 valence electrons. The second-order valence-corrected chi connectivity index (χ2v) is 6.74. The second kappa shape index (κ2) is 4.41. The average molecular weight is 378 g/mol. The van der Waals surface area contributed by atoms with E-state index in [0.717, 1.165) is 35.5 Å². The van der Waals surface area contributed by atoms with Gasteiger partial charge in [0.05, 0.1) is 17.8 Å². The quantitative estimate of drug-likeness (QED) is 0.521. The van der Waals surface area contributed by atoms with Crippen molar-refractivity contribution in [3.8, 4) is 6.07 Å². The highest BCUT2D eigenvalue weighted by atomic mass is 127. The first-order valence-electron chi connectivity index (χ1n) is 6.48. The molecular formula is C13H11IN6. The number of nitrogens with one attached hydrogen (secondary N) is 1. The zero-order chi connectivity index (χ0) is 13.7. The summed E-state index contributed by atoms with van der Waals surface area (Å²) in [5, 5.41) is 17.7. The summed E-state index contributed by atoms with van der Waals surface area (Å²) in [6.07, 6.45) is 5.39. The molecule has 0 amide bonds. The van der Waals surface area contributed by atoms with Crippen molar-refractivity contribution < 1.29 is 0 Å². The van der Waals surface area contributed by atoms with E-state index in [9.17, 15) is 0 Å². The maximum absolute atomic E-state index is 9.14. The van der Waals surface area contributed by atoms with Crippen molar-refractivity contribution >= 4 is 39.4 Å². The molecule has 1 saturated carbocycles. The van der Waals surface area contributed by atoms with E-state index in [4.69, 9.17) is 5.26 Å². The van der Waals surface area contributed by atoms with Crippen LogP contribution in [-0.2, 0) is 0 Å². The highest BCUT2D eigenvalue weighted by Gasteiger charge is 2.36. The molecule has 1 fully saturated rings. The van der Waals surface area contributed by atoms with Crippen molar-refractivity contribution in [3.63, 3.8) is 0 Å². The normalized spacial score (nSPS) is 26.3. The Morgan fingerprint density at radius 1 is 1.40 bits per heavy atom. The third-order valence-electron chi connectivity index (χ3n) is 3.97. The smallest absolute Gasteiger partial charge is 0.179 e. The molecule has 0 spiro atoms. The third-order valence-corrected chi connectivity index (χ3v) is 5.34. The first-order valence-corrected chi connectivity index (χ1v) is 7.73. The number of halogens is 1. The van der Waals surface area contributed by atoms with Gasteiger partial charge in [-0.2, -0.15) is 5.26 Å². The molecular weight excluding hydrogens is 367 g/mol. The van der Waals surface area contributed by atoms with Crippen molar-refractivity contribution in [1.82, 2.24) is 24.6 Å². The lowest BCUT2D eigenvalue weighted by Crippen LogP contribution is -2.09. The molecule has 3 aromatic rings. The van der Waals surface area contributed by atoms with Gasteiger partial charge in [0.1, 0.15) is 5.82 Å². The fourth-order valence-electron chi connectivity index (χ4n) is 3.00. The largest absolute Gasteiger partial charge is 0.345 e. The highest BCUT2D eigenvalue weighted by Crippen LogP contribution is 2.42. The van der Waals surface area contributed by atoms with Gasteiger partial charge in [-0.05, 0) is 18.9 Å². The summed E-state index contributed by atoms with van der Waals surface area (Å²) in [5.41, 5.74) is 2.58. The minimum Gasteiger partial charge on any atom is -0.345 e. The van der Waals surface area contributed by atoms with Gasteiger partial charge in [-0.25, -0.2) is 4.98 Å². The summed E-state index contributed by atoms with van der Waals surface area (Å²) in [6.45, 7) is 0. The van der Waals surface area contributed by atoms with Gasteiger partial charge >= 0.3 is 0 Å². The number of rotatable bonds is 1. The Morgan fingerprint density at radius 3 is 3.10 bits per heavy atom. The third kappa shape index (κ3) is 1.64. The topological polar surface area (TPSA) is 82.7 Å². The molecule has 3 aromatic heterocycles. The van der Waals surface area contributed by atoms with Crippen molar-refractivity contribution in [1.29, 1.82) is 5.26 Å². The van der Waals surface area contributed by atoms with Crippen LogP contribution in [0.25, 0.3) is 16.8 Å². The Bertz CT molecular complexity index is 828. The van der Waals surface area contributed by atoms with Crippen LogP contribution in [0.15, 0.2) is 18.5 Å². The van der Waals surface area contributed by atoms with Gasteiger partial charge in [0.2, 0.25) is 0 Å². The average Bonchev–Trinajstić information content (AvgIpc) is 3.13. The molecule has 0 saturated heterocycles. The molecule has 0 aromatic carbocycles. The van der Waals surface area contributed by atoms with Crippen LogP contribution < -0.4 is 0 Å². The van der Waals surface area contributed by atoms with Crippen LogP contribution in [0.3, 0.4) is 0 Å². The van der Waals surface area contributed by atoms with E-state index in [1.807, 2.05) is 12.3 Å². The Labute approximate surface area is 128 Å². The summed E-state index contributed by atoms with van der Waals surface area (Å²) in [6, 6.07) is 4.37. The van der Waals surface area contributed by atoms with Gasteiger partial charge in [0.25, 0.3) is 0 Å². The molecule has 3 heterocycles. The monoisotopic (exact) mass is 378 g/mol. The van der Waals surface area contributed by atoms with Crippen molar-refractivity contribution in [3.05, 3.63) is 24.3 Å². The molecule has 7 heteroatoms. The first-order chi connectivity index (χ1) is 9.78. The van der Waals surface area contributed by atoms with Crippen molar-refractivity contribution in [2.75, 3.05) is 0 Å². The first kappa shape index (κ1) is 12.1. The Kier molecular flexibility index (Phi) is 2.66. The number of aromatic nitrogens is 5. The highest BCUT2D eigenvalue weighted by molar-refractivity contribution is 14.1. The fraction of sp³-hybridized carbons (Fsp3) is 0.385. The molecule has 0 bridgehead atoms. The summed E-state index contributed by atoms with van der Waals surface area (Å²) in [5.74, 6) is 1.35. The zero-order valence-electron chi connectivity index (χ0n) is 10.5. The van der Waals surface area contributed by atoms with Crippen LogP contribution in [0.5, 0.6) is 0 Å². The van der Waals surface area contributed by atoms with E-state index in [1.165, 1.54) is 0 Å². The van der Waals surface area contributed by atoms with Gasteiger partial charge in [-0.3, -0.25) is 4.40 Å². The standard InChI is InChI=1S/C13H11IN6/c14-9-4-7(5-15)3-8(9)13-19-18-11-6-17-12-10(20(11)13)1-2-16-12/h1-2,6-9,16H,3-4H2/t7-,8-,9+/m0/s1. The number of alkyl halides is 1. The number of fused-ring (bicyclic) bond motifs is 3. The lowest BCUT2D eigenvalue weighted by molar-refractivity contribution is 0.641. The Hall–Kier alpha value is -1.69. The molecule has 4 rings (SSSR count). The molecule has 0 unspecified atom stereocenters. The second-order valence-electron chi connectivity index (χ2n) is 5.14. The van der Waals surface area contributed by atoms with E-state index < -0.39 is 0 Å². The van der Waals surface area contributed by atoms with Gasteiger partial charge in [-0.1, -0.05) is 22.6 Å². The van der Waals surface area contributed by atoms with Crippen LogP contribution >= 0.6 is 22.6 Å². The summed E-state index contributed by atoms with van der Waals surface area (Å²) < 4.78 is 2.49. The molecule has 1 N–H and O–H groups in total. The van der Waals surface area contributed by atoms with Crippen LogP contribution in [0.1, 0.15) is 24.6 Å². The maximum Gasteiger partial charge on any atom is 0.179 e. The van der Waals surface area contributed by atoms with Crippen molar-refractivity contribution in [2.24, 2.45) is 5.92 Å². The number of hydrogen-bond acceptors (Lipinski definition) is 4. The number of nitrogens with zero attached hydrogens (tertiary/aromatic N) is 5. The van der Waals surface area contributed by atoms with E-state index >= 15 is 0 Å². The number of aromatic amines is 1. The van der Waals surface area contributed by atoms with Crippen LogP contribution in [0, 0.1) is 17.2 Å².